The molecule has 0 spiro atoms. The maximum atomic E-state index is 2.32. The molecule has 2 aliphatic heterocycles. The number of fused-ring (bicyclic) bond motifs is 3. The fraction of sp³-hybridized carbons (Fsp3) is 1.00. The molecule has 0 radical (unpaired) electrons. The summed E-state index contributed by atoms with van der Waals surface area (Å²) in [5, 5.41) is 2.23. The van der Waals surface area contributed by atoms with Crippen LogP contribution in [-0.2, 0) is 0 Å². The monoisotopic (exact) mass is 154 g/mol. The molecule has 2 heterocycles. The summed E-state index contributed by atoms with van der Waals surface area (Å²) in [6.45, 7) is 0. The van der Waals surface area contributed by atoms with Crippen LogP contribution in [0.1, 0.15) is 32.1 Å². The molecule has 2 aliphatic carbocycles. The summed E-state index contributed by atoms with van der Waals surface area (Å²) in [4.78, 5) is 0. The van der Waals surface area contributed by atoms with Crippen LogP contribution in [0.2, 0.25) is 0 Å². The highest BCUT2D eigenvalue weighted by atomic mass is 32.2. The minimum atomic E-state index is 1.09. The molecule has 2 saturated carbocycles. The third kappa shape index (κ3) is 0.702. The predicted molar refractivity (Wildman–Crippen MR) is 45.2 cm³/mol. The second-order valence-electron chi connectivity index (χ2n) is 4.07. The van der Waals surface area contributed by atoms with Crippen LogP contribution in [0.15, 0.2) is 0 Å². The van der Waals surface area contributed by atoms with Crippen molar-refractivity contribution in [1.82, 2.24) is 0 Å². The third-order valence-electron chi connectivity index (χ3n) is 3.45. The van der Waals surface area contributed by atoms with Gasteiger partial charge in [0, 0.05) is 10.5 Å². The number of hydrogen-bond donors (Lipinski definition) is 0. The zero-order chi connectivity index (χ0) is 6.55. The first kappa shape index (κ1) is 5.93. The first-order valence-electron chi connectivity index (χ1n) is 4.60. The maximum Gasteiger partial charge on any atom is 0.0113 e. The molecule has 0 aromatic rings. The Balaban J connectivity index is 1.79. The van der Waals surface area contributed by atoms with Crippen molar-refractivity contribution in [1.29, 1.82) is 0 Å². The Morgan fingerprint density at radius 3 is 2.70 bits per heavy atom. The van der Waals surface area contributed by atoms with Crippen LogP contribution in [-0.4, -0.2) is 10.5 Å². The minimum absolute atomic E-state index is 1.09. The summed E-state index contributed by atoms with van der Waals surface area (Å²) < 4.78 is 0. The van der Waals surface area contributed by atoms with Crippen LogP contribution in [0, 0.1) is 11.8 Å². The molecule has 0 N–H and O–H groups in total. The Morgan fingerprint density at radius 2 is 1.90 bits per heavy atom. The molecule has 0 nitrogen and oxygen atoms in total. The van der Waals surface area contributed by atoms with E-state index < -0.39 is 0 Å². The van der Waals surface area contributed by atoms with Crippen molar-refractivity contribution in [3.8, 4) is 0 Å². The van der Waals surface area contributed by atoms with Gasteiger partial charge < -0.3 is 0 Å². The standard InChI is InChI=1S/C9H14S/c1-2-4-7-8-5-6(3-1)10-9(7)8/h6-9H,1-5H2. The van der Waals surface area contributed by atoms with Crippen molar-refractivity contribution < 1.29 is 0 Å². The van der Waals surface area contributed by atoms with Gasteiger partial charge >= 0.3 is 0 Å². The van der Waals surface area contributed by atoms with Gasteiger partial charge in [-0.05, 0) is 31.1 Å². The molecule has 56 valence electrons. The Morgan fingerprint density at radius 1 is 1.00 bits per heavy atom. The van der Waals surface area contributed by atoms with Crippen molar-refractivity contribution in [3.63, 3.8) is 0 Å². The fourth-order valence-corrected chi connectivity index (χ4v) is 4.86. The van der Waals surface area contributed by atoms with Crippen molar-refractivity contribution in [2.45, 2.75) is 42.6 Å². The largest absolute Gasteiger partial charge is 0.155 e. The first-order chi connectivity index (χ1) is 4.95. The van der Waals surface area contributed by atoms with Gasteiger partial charge in [-0.15, -0.1) is 0 Å². The molecule has 4 unspecified atom stereocenters. The van der Waals surface area contributed by atoms with Gasteiger partial charge in [0.1, 0.15) is 0 Å². The van der Waals surface area contributed by atoms with E-state index in [1.54, 1.807) is 12.8 Å². The van der Waals surface area contributed by atoms with Crippen LogP contribution in [0.25, 0.3) is 0 Å². The average Bonchev–Trinajstić information content (AvgIpc) is 2.43. The summed E-state index contributed by atoms with van der Waals surface area (Å²) in [5.74, 6) is 2.37. The van der Waals surface area contributed by atoms with Gasteiger partial charge in [0.25, 0.3) is 0 Å². The Bertz CT molecular complexity index is 132. The molecule has 4 fully saturated rings. The van der Waals surface area contributed by atoms with Crippen molar-refractivity contribution >= 4 is 11.8 Å². The van der Waals surface area contributed by atoms with E-state index in [9.17, 15) is 0 Å². The lowest BCUT2D eigenvalue weighted by molar-refractivity contribution is 0.493. The summed E-state index contributed by atoms with van der Waals surface area (Å²) >= 11 is 2.32. The van der Waals surface area contributed by atoms with Crippen molar-refractivity contribution in [3.05, 3.63) is 0 Å². The molecular formula is C9H14S. The molecule has 0 amide bonds. The van der Waals surface area contributed by atoms with Crippen LogP contribution in [0.4, 0.5) is 0 Å². The molecule has 4 rings (SSSR count). The van der Waals surface area contributed by atoms with E-state index in [-0.39, 0.29) is 0 Å². The van der Waals surface area contributed by atoms with Gasteiger partial charge in [0.2, 0.25) is 0 Å². The van der Waals surface area contributed by atoms with Crippen molar-refractivity contribution in [2.24, 2.45) is 11.8 Å². The molecule has 4 atom stereocenters. The zero-order valence-electron chi connectivity index (χ0n) is 6.25. The summed E-state index contributed by atoms with van der Waals surface area (Å²) in [7, 11) is 0. The zero-order valence-corrected chi connectivity index (χ0v) is 7.07. The van der Waals surface area contributed by atoms with Gasteiger partial charge in [-0.3, -0.25) is 0 Å². The second-order valence-corrected chi connectivity index (χ2v) is 5.55. The summed E-state index contributed by atoms with van der Waals surface area (Å²) in [6.07, 6.45) is 7.74. The highest BCUT2D eigenvalue weighted by molar-refractivity contribution is 8.01. The van der Waals surface area contributed by atoms with E-state index >= 15 is 0 Å². The maximum absolute atomic E-state index is 2.32. The van der Waals surface area contributed by atoms with Gasteiger partial charge in [0.15, 0.2) is 0 Å². The normalized spacial score (nSPS) is 57.6. The molecule has 4 aliphatic rings. The molecule has 4 bridgehead atoms. The van der Waals surface area contributed by atoms with E-state index in [4.69, 9.17) is 0 Å². The van der Waals surface area contributed by atoms with Gasteiger partial charge in [-0.1, -0.05) is 12.8 Å². The van der Waals surface area contributed by atoms with Crippen LogP contribution in [0.5, 0.6) is 0 Å². The Hall–Kier alpha value is 0.350. The Kier molecular flexibility index (Phi) is 1.15. The number of hydrogen-bond acceptors (Lipinski definition) is 1. The lowest BCUT2D eigenvalue weighted by Gasteiger charge is -2.16. The van der Waals surface area contributed by atoms with E-state index in [0.717, 1.165) is 10.5 Å². The smallest absolute Gasteiger partial charge is 0.0113 e. The SMILES string of the molecule is C1CCC2C3CC(C1)SC23. The molecule has 10 heavy (non-hydrogen) atoms. The molecule has 0 aromatic carbocycles. The van der Waals surface area contributed by atoms with Gasteiger partial charge in [-0.25, -0.2) is 0 Å². The lowest BCUT2D eigenvalue weighted by Crippen LogP contribution is -2.06. The quantitative estimate of drug-likeness (QED) is 0.517. The third-order valence-corrected chi connectivity index (χ3v) is 5.28. The summed E-state index contributed by atoms with van der Waals surface area (Å²) in [5.41, 5.74) is 0. The number of rotatable bonds is 0. The summed E-state index contributed by atoms with van der Waals surface area (Å²) in [6, 6.07) is 0. The highest BCUT2D eigenvalue weighted by Crippen LogP contribution is 2.63. The Labute approximate surface area is 66.8 Å². The van der Waals surface area contributed by atoms with Crippen molar-refractivity contribution in [2.75, 3.05) is 0 Å². The van der Waals surface area contributed by atoms with E-state index in [1.165, 1.54) is 31.1 Å². The molecule has 1 heteroatoms. The molecule has 2 saturated heterocycles. The fourth-order valence-electron chi connectivity index (χ4n) is 2.82. The highest BCUT2D eigenvalue weighted by Gasteiger charge is 2.56. The predicted octanol–water partition coefficient (Wildman–Crippen LogP) is 2.68. The van der Waals surface area contributed by atoms with Gasteiger partial charge in [-0.2, -0.15) is 11.8 Å². The number of thioether (sulfide) groups is 1. The van der Waals surface area contributed by atoms with Gasteiger partial charge in [0.05, 0.1) is 0 Å². The molecule has 0 aromatic heterocycles. The second kappa shape index (κ2) is 1.94. The average molecular weight is 154 g/mol. The lowest BCUT2D eigenvalue weighted by atomic mass is 10.0. The van der Waals surface area contributed by atoms with E-state index in [0.29, 0.717) is 0 Å². The first-order valence-corrected chi connectivity index (χ1v) is 5.55. The molecular weight excluding hydrogens is 140 g/mol. The minimum Gasteiger partial charge on any atom is -0.155 e. The van der Waals surface area contributed by atoms with E-state index in [1.807, 2.05) is 0 Å². The van der Waals surface area contributed by atoms with Crippen LogP contribution < -0.4 is 0 Å². The topological polar surface area (TPSA) is 0 Å². The van der Waals surface area contributed by atoms with Crippen LogP contribution in [0.3, 0.4) is 0 Å². The van der Waals surface area contributed by atoms with E-state index in [2.05, 4.69) is 11.8 Å². The van der Waals surface area contributed by atoms with Crippen LogP contribution >= 0.6 is 11.8 Å².